The third kappa shape index (κ3) is 3.42. The molecule has 0 radical (unpaired) electrons. The first-order valence-corrected chi connectivity index (χ1v) is 5.98. The molecule has 18 heavy (non-hydrogen) atoms. The summed E-state index contributed by atoms with van der Waals surface area (Å²) in [5.74, 6) is 0.238. The number of rotatable bonds is 4. The van der Waals surface area contributed by atoms with Crippen LogP contribution in [0.2, 0.25) is 5.02 Å². The van der Waals surface area contributed by atoms with Crippen LogP contribution in [0, 0.1) is 6.92 Å². The van der Waals surface area contributed by atoms with Gasteiger partial charge in [-0.3, -0.25) is 9.97 Å². The molecular formula is C13H14ClN3O. The van der Waals surface area contributed by atoms with Gasteiger partial charge in [0.1, 0.15) is 5.75 Å². The summed E-state index contributed by atoms with van der Waals surface area (Å²) in [5, 5.41) is 13.4. The van der Waals surface area contributed by atoms with Crippen LogP contribution in [0.4, 0.5) is 0 Å². The zero-order valence-corrected chi connectivity index (χ0v) is 10.8. The van der Waals surface area contributed by atoms with Crippen molar-refractivity contribution in [2.45, 2.75) is 20.0 Å². The summed E-state index contributed by atoms with van der Waals surface area (Å²) in [4.78, 5) is 8.40. The van der Waals surface area contributed by atoms with Crippen molar-refractivity contribution in [3.05, 3.63) is 52.6 Å². The number of aryl methyl sites for hydroxylation is 1. The Hall–Kier alpha value is -1.65. The molecule has 0 aliphatic rings. The molecule has 0 atom stereocenters. The molecule has 5 heteroatoms. The lowest BCUT2D eigenvalue weighted by Crippen LogP contribution is -2.14. The summed E-state index contributed by atoms with van der Waals surface area (Å²) in [5.41, 5.74) is 2.52. The number of phenols is 1. The first-order valence-electron chi connectivity index (χ1n) is 5.61. The number of aromatic nitrogens is 2. The summed E-state index contributed by atoms with van der Waals surface area (Å²) in [7, 11) is 0. The van der Waals surface area contributed by atoms with E-state index in [4.69, 9.17) is 11.6 Å². The fourth-order valence-corrected chi connectivity index (χ4v) is 1.73. The van der Waals surface area contributed by atoms with Gasteiger partial charge in [0.15, 0.2) is 0 Å². The van der Waals surface area contributed by atoms with E-state index in [1.54, 1.807) is 30.6 Å². The molecule has 0 amide bonds. The molecule has 0 spiro atoms. The van der Waals surface area contributed by atoms with Gasteiger partial charge in [0.05, 0.1) is 11.4 Å². The van der Waals surface area contributed by atoms with Crippen LogP contribution in [0.15, 0.2) is 30.6 Å². The maximum atomic E-state index is 9.64. The Morgan fingerprint density at radius 2 is 2.06 bits per heavy atom. The van der Waals surface area contributed by atoms with Crippen molar-refractivity contribution >= 4 is 11.6 Å². The van der Waals surface area contributed by atoms with E-state index < -0.39 is 0 Å². The van der Waals surface area contributed by atoms with Gasteiger partial charge in [-0.1, -0.05) is 11.6 Å². The second kappa shape index (κ2) is 5.80. The molecule has 1 aromatic carbocycles. The van der Waals surface area contributed by atoms with E-state index in [9.17, 15) is 5.11 Å². The van der Waals surface area contributed by atoms with Gasteiger partial charge in [0.2, 0.25) is 0 Å². The van der Waals surface area contributed by atoms with Gasteiger partial charge < -0.3 is 10.4 Å². The van der Waals surface area contributed by atoms with Crippen molar-refractivity contribution in [1.82, 2.24) is 15.3 Å². The predicted octanol–water partition coefficient (Wildman–Crippen LogP) is 2.43. The van der Waals surface area contributed by atoms with Gasteiger partial charge in [0.25, 0.3) is 0 Å². The second-order valence-corrected chi connectivity index (χ2v) is 4.46. The Kier molecular flexibility index (Phi) is 4.12. The maximum absolute atomic E-state index is 9.64. The molecule has 0 unspecified atom stereocenters. The number of nitrogens with zero attached hydrogens (tertiary/aromatic N) is 2. The average Bonchev–Trinajstić information content (AvgIpc) is 2.36. The Morgan fingerprint density at radius 3 is 2.78 bits per heavy atom. The van der Waals surface area contributed by atoms with Gasteiger partial charge in [-0.05, 0) is 25.1 Å². The molecule has 0 fully saturated rings. The SMILES string of the molecule is Cc1cnc(CNCc2cc(Cl)ccc2O)cn1. The number of benzene rings is 1. The van der Waals surface area contributed by atoms with Crippen LogP contribution in [0.1, 0.15) is 17.0 Å². The van der Waals surface area contributed by atoms with Crippen LogP contribution in [0.25, 0.3) is 0 Å². The summed E-state index contributed by atoms with van der Waals surface area (Å²) in [6.07, 6.45) is 3.47. The first kappa shape index (κ1) is 12.8. The Morgan fingerprint density at radius 1 is 1.22 bits per heavy atom. The van der Waals surface area contributed by atoms with Crippen molar-refractivity contribution < 1.29 is 5.11 Å². The number of halogens is 1. The Labute approximate surface area is 111 Å². The maximum Gasteiger partial charge on any atom is 0.120 e. The lowest BCUT2D eigenvalue weighted by molar-refractivity contribution is 0.464. The van der Waals surface area contributed by atoms with Crippen LogP contribution in [0.5, 0.6) is 5.75 Å². The minimum Gasteiger partial charge on any atom is -0.508 e. The zero-order chi connectivity index (χ0) is 13.0. The molecule has 4 nitrogen and oxygen atoms in total. The van der Waals surface area contributed by atoms with Crippen molar-refractivity contribution in [2.75, 3.05) is 0 Å². The molecule has 0 aliphatic heterocycles. The minimum atomic E-state index is 0.238. The van der Waals surface area contributed by atoms with Crippen LogP contribution < -0.4 is 5.32 Å². The molecule has 2 N–H and O–H groups in total. The highest BCUT2D eigenvalue weighted by Crippen LogP contribution is 2.21. The van der Waals surface area contributed by atoms with E-state index in [0.717, 1.165) is 17.0 Å². The molecule has 94 valence electrons. The van der Waals surface area contributed by atoms with Crippen LogP contribution in [0.3, 0.4) is 0 Å². The lowest BCUT2D eigenvalue weighted by atomic mass is 10.2. The topological polar surface area (TPSA) is 58.0 Å². The van der Waals surface area contributed by atoms with Crippen LogP contribution in [-0.2, 0) is 13.1 Å². The Bertz CT molecular complexity index is 528. The number of aromatic hydroxyl groups is 1. The number of hydrogen-bond donors (Lipinski definition) is 2. The third-order valence-corrected chi connectivity index (χ3v) is 2.73. The normalized spacial score (nSPS) is 10.6. The number of phenolic OH excluding ortho intramolecular Hbond substituents is 1. The van der Waals surface area contributed by atoms with Crippen molar-refractivity contribution in [2.24, 2.45) is 0 Å². The summed E-state index contributed by atoms with van der Waals surface area (Å²) >= 11 is 5.87. The van der Waals surface area contributed by atoms with E-state index in [-0.39, 0.29) is 5.75 Å². The molecular weight excluding hydrogens is 250 g/mol. The van der Waals surface area contributed by atoms with E-state index in [1.807, 2.05) is 6.92 Å². The molecule has 0 bridgehead atoms. The second-order valence-electron chi connectivity index (χ2n) is 4.03. The summed E-state index contributed by atoms with van der Waals surface area (Å²) < 4.78 is 0. The summed E-state index contributed by atoms with van der Waals surface area (Å²) in [6, 6.07) is 4.99. The summed E-state index contributed by atoms with van der Waals surface area (Å²) in [6.45, 7) is 3.02. The van der Waals surface area contributed by atoms with Gasteiger partial charge in [-0.15, -0.1) is 0 Å². The van der Waals surface area contributed by atoms with Crippen molar-refractivity contribution in [3.63, 3.8) is 0 Å². The van der Waals surface area contributed by atoms with Gasteiger partial charge in [-0.25, -0.2) is 0 Å². The van der Waals surface area contributed by atoms with Crippen LogP contribution in [-0.4, -0.2) is 15.1 Å². The van der Waals surface area contributed by atoms with Crippen molar-refractivity contribution in [3.8, 4) is 5.75 Å². The lowest BCUT2D eigenvalue weighted by Gasteiger charge is -2.07. The fourth-order valence-electron chi connectivity index (χ4n) is 1.53. The van der Waals surface area contributed by atoms with E-state index >= 15 is 0 Å². The largest absolute Gasteiger partial charge is 0.508 e. The fraction of sp³-hybridized carbons (Fsp3) is 0.231. The highest BCUT2D eigenvalue weighted by molar-refractivity contribution is 6.30. The van der Waals surface area contributed by atoms with E-state index in [1.165, 1.54) is 0 Å². The average molecular weight is 264 g/mol. The standard InChI is InChI=1S/C13H14ClN3O/c1-9-5-17-12(8-16-9)7-15-6-10-4-11(14)2-3-13(10)18/h2-5,8,15,18H,6-7H2,1H3. The van der Waals surface area contributed by atoms with Gasteiger partial charge in [-0.2, -0.15) is 0 Å². The predicted molar refractivity (Wildman–Crippen MR) is 70.4 cm³/mol. The van der Waals surface area contributed by atoms with E-state index in [0.29, 0.717) is 18.1 Å². The van der Waals surface area contributed by atoms with Gasteiger partial charge in [0, 0.05) is 36.1 Å². The quantitative estimate of drug-likeness (QED) is 0.890. The molecule has 1 heterocycles. The van der Waals surface area contributed by atoms with E-state index in [2.05, 4.69) is 15.3 Å². The highest BCUT2D eigenvalue weighted by Gasteiger charge is 2.02. The minimum absolute atomic E-state index is 0.238. The Balaban J connectivity index is 1.92. The molecule has 0 aliphatic carbocycles. The van der Waals surface area contributed by atoms with Gasteiger partial charge >= 0.3 is 0 Å². The highest BCUT2D eigenvalue weighted by atomic mass is 35.5. The molecule has 0 saturated carbocycles. The van der Waals surface area contributed by atoms with Crippen LogP contribution >= 0.6 is 11.6 Å². The monoisotopic (exact) mass is 263 g/mol. The van der Waals surface area contributed by atoms with Crippen molar-refractivity contribution in [1.29, 1.82) is 0 Å². The molecule has 2 aromatic rings. The number of nitrogens with one attached hydrogen (secondary N) is 1. The first-order chi connectivity index (χ1) is 8.65. The molecule has 2 rings (SSSR count). The molecule has 1 aromatic heterocycles. The molecule has 0 saturated heterocycles. The third-order valence-electron chi connectivity index (χ3n) is 2.50. The smallest absolute Gasteiger partial charge is 0.120 e. The zero-order valence-electron chi connectivity index (χ0n) is 10.0. The number of hydrogen-bond acceptors (Lipinski definition) is 4.